The summed E-state index contributed by atoms with van der Waals surface area (Å²) >= 11 is 0. The number of primary amides is 1. The molecular formula is C24H32F3N7O. The molecule has 0 atom stereocenters. The third-order valence-corrected chi connectivity index (χ3v) is 6.24. The van der Waals surface area contributed by atoms with Crippen LogP contribution < -0.4 is 11.1 Å². The quantitative estimate of drug-likeness (QED) is 0.478. The lowest BCUT2D eigenvalue weighted by Crippen LogP contribution is -2.34. The monoisotopic (exact) mass is 491 g/mol. The maximum Gasteiger partial charge on any atom is 0.419 e. The minimum atomic E-state index is -4.59. The fourth-order valence-corrected chi connectivity index (χ4v) is 4.18. The smallest absolute Gasteiger partial charge is 0.369 e. The number of aromatic nitrogens is 4. The summed E-state index contributed by atoms with van der Waals surface area (Å²) in [6.45, 7) is 10.8. The van der Waals surface area contributed by atoms with Gasteiger partial charge >= 0.3 is 6.18 Å². The first-order chi connectivity index (χ1) is 16.6. The average Bonchev–Trinajstić information content (AvgIpc) is 3.28. The number of likely N-dealkylation sites (tertiary alicyclic amines) is 1. The van der Waals surface area contributed by atoms with Gasteiger partial charge in [0.1, 0.15) is 0 Å². The van der Waals surface area contributed by atoms with Crippen LogP contribution in [-0.4, -0.2) is 50.2 Å². The molecule has 1 saturated heterocycles. The van der Waals surface area contributed by atoms with Crippen molar-refractivity contribution in [3.8, 4) is 0 Å². The van der Waals surface area contributed by atoms with Gasteiger partial charge in [0.25, 0.3) is 0 Å². The number of piperidine rings is 1. The number of halogens is 3. The molecule has 8 nitrogen and oxygen atoms in total. The SMILES string of the molecule is C=C(CCc1nc(Nc2cnn(C3CCN(CC)CC3)c2)ncc1C(F)(F)F)C(=CC)CC(N)=O. The van der Waals surface area contributed by atoms with Crippen LogP contribution in [0, 0.1) is 0 Å². The average molecular weight is 492 g/mol. The number of amides is 1. The van der Waals surface area contributed by atoms with E-state index in [0.29, 0.717) is 16.8 Å². The predicted octanol–water partition coefficient (Wildman–Crippen LogP) is 4.40. The van der Waals surface area contributed by atoms with Crippen molar-refractivity contribution in [1.29, 1.82) is 0 Å². The molecule has 35 heavy (non-hydrogen) atoms. The zero-order chi connectivity index (χ0) is 25.6. The van der Waals surface area contributed by atoms with Crippen molar-refractivity contribution in [1.82, 2.24) is 24.6 Å². The Bertz CT molecular complexity index is 1070. The molecule has 0 unspecified atom stereocenters. The highest BCUT2D eigenvalue weighted by Crippen LogP contribution is 2.33. The van der Waals surface area contributed by atoms with Crippen molar-refractivity contribution < 1.29 is 18.0 Å². The maximum atomic E-state index is 13.6. The predicted molar refractivity (Wildman–Crippen MR) is 128 cm³/mol. The summed E-state index contributed by atoms with van der Waals surface area (Å²) in [5.74, 6) is -0.470. The highest BCUT2D eigenvalue weighted by molar-refractivity contribution is 5.77. The van der Waals surface area contributed by atoms with Crippen molar-refractivity contribution >= 4 is 17.5 Å². The van der Waals surface area contributed by atoms with Crippen molar-refractivity contribution in [2.75, 3.05) is 25.0 Å². The molecule has 0 aliphatic carbocycles. The van der Waals surface area contributed by atoms with E-state index in [1.54, 1.807) is 19.2 Å². The first-order valence-corrected chi connectivity index (χ1v) is 11.7. The lowest BCUT2D eigenvalue weighted by atomic mass is 9.97. The number of alkyl halides is 3. The topological polar surface area (TPSA) is 102 Å². The molecule has 1 amide bonds. The van der Waals surface area contributed by atoms with Gasteiger partial charge in [-0.1, -0.05) is 25.2 Å². The van der Waals surface area contributed by atoms with Gasteiger partial charge in [-0.25, -0.2) is 9.97 Å². The molecule has 0 aromatic carbocycles. The van der Waals surface area contributed by atoms with Crippen LogP contribution in [-0.2, 0) is 17.4 Å². The molecule has 2 aromatic rings. The standard InChI is InChI=1S/C24H32F3N7O/c1-4-17(12-22(28)35)16(3)6-7-21-20(24(25,26)27)14-29-23(32-21)31-18-13-30-34(15-18)19-8-10-33(5-2)11-9-19/h4,13-15,19H,3,5-12H2,1-2H3,(H2,28,35)(H,29,31,32). The van der Waals surface area contributed by atoms with Crippen molar-refractivity contribution in [3.05, 3.63) is 53.6 Å². The van der Waals surface area contributed by atoms with Gasteiger partial charge in [0.2, 0.25) is 11.9 Å². The Balaban J connectivity index is 1.72. The molecule has 3 N–H and O–H groups in total. The lowest BCUT2D eigenvalue weighted by Gasteiger charge is -2.31. The second kappa shape index (κ2) is 11.5. The molecule has 0 saturated carbocycles. The van der Waals surface area contributed by atoms with E-state index in [-0.39, 0.29) is 36.9 Å². The maximum absolute atomic E-state index is 13.6. The zero-order valence-corrected chi connectivity index (χ0v) is 20.1. The fraction of sp³-hybridized carbons (Fsp3) is 0.500. The lowest BCUT2D eigenvalue weighted by molar-refractivity contribution is -0.138. The van der Waals surface area contributed by atoms with Gasteiger partial charge in [0.15, 0.2) is 0 Å². The van der Waals surface area contributed by atoms with E-state index in [1.165, 1.54) is 0 Å². The molecule has 3 rings (SSSR count). The highest BCUT2D eigenvalue weighted by Gasteiger charge is 2.35. The summed E-state index contributed by atoms with van der Waals surface area (Å²) in [6, 6.07) is 0.282. The number of anilines is 2. The summed E-state index contributed by atoms with van der Waals surface area (Å²) < 4.78 is 42.6. The first-order valence-electron chi connectivity index (χ1n) is 11.7. The second-order valence-corrected chi connectivity index (χ2v) is 8.61. The van der Waals surface area contributed by atoms with Crippen LogP contribution in [0.5, 0.6) is 0 Å². The summed E-state index contributed by atoms with van der Waals surface area (Å²) in [5, 5.41) is 7.39. The number of rotatable bonds is 10. The Morgan fingerprint density at radius 2 is 2.03 bits per heavy atom. The van der Waals surface area contributed by atoms with Crippen LogP contribution in [0.1, 0.15) is 56.8 Å². The molecule has 0 radical (unpaired) electrons. The largest absolute Gasteiger partial charge is 0.419 e. The number of carbonyl (C=O) groups is 1. The van der Waals surface area contributed by atoms with E-state index in [9.17, 15) is 18.0 Å². The van der Waals surface area contributed by atoms with Gasteiger partial charge in [-0.15, -0.1) is 0 Å². The first kappa shape index (κ1) is 26.4. The summed E-state index contributed by atoms with van der Waals surface area (Å²) in [5.41, 5.74) is 5.96. The number of nitrogens with zero attached hydrogens (tertiary/aromatic N) is 5. The number of nitrogens with one attached hydrogen (secondary N) is 1. The summed E-state index contributed by atoms with van der Waals surface area (Å²) in [4.78, 5) is 21.7. The molecule has 11 heteroatoms. The number of carbonyl (C=O) groups excluding carboxylic acids is 1. The number of hydrogen-bond acceptors (Lipinski definition) is 6. The van der Waals surface area contributed by atoms with Crippen LogP contribution in [0.15, 0.2) is 42.4 Å². The Kier molecular flexibility index (Phi) is 8.66. The van der Waals surface area contributed by atoms with Gasteiger partial charge in [-0.05, 0) is 44.7 Å². The molecule has 1 fully saturated rings. The van der Waals surface area contributed by atoms with E-state index < -0.39 is 17.6 Å². The van der Waals surface area contributed by atoms with E-state index in [2.05, 4.69) is 38.8 Å². The third kappa shape index (κ3) is 7.14. The van der Waals surface area contributed by atoms with Crippen molar-refractivity contribution in [3.63, 3.8) is 0 Å². The fourth-order valence-electron chi connectivity index (χ4n) is 4.18. The van der Waals surface area contributed by atoms with Gasteiger partial charge in [-0.3, -0.25) is 9.48 Å². The van der Waals surface area contributed by atoms with Gasteiger partial charge in [0, 0.05) is 25.5 Å². The molecule has 3 heterocycles. The minimum absolute atomic E-state index is 0.0144. The Labute approximate surface area is 203 Å². The van der Waals surface area contributed by atoms with Crippen LogP contribution in [0.25, 0.3) is 0 Å². The Morgan fingerprint density at radius 1 is 1.31 bits per heavy atom. The molecule has 0 spiro atoms. The van der Waals surface area contributed by atoms with Crippen molar-refractivity contribution in [2.45, 2.75) is 58.2 Å². The van der Waals surface area contributed by atoms with E-state index in [0.717, 1.165) is 38.7 Å². The number of hydrogen-bond donors (Lipinski definition) is 2. The molecule has 1 aliphatic rings. The van der Waals surface area contributed by atoms with Crippen LogP contribution >= 0.6 is 0 Å². The Hall–Kier alpha value is -3.21. The van der Waals surface area contributed by atoms with Crippen LogP contribution in [0.4, 0.5) is 24.8 Å². The van der Waals surface area contributed by atoms with Gasteiger partial charge in [0.05, 0.1) is 35.6 Å². The number of aryl methyl sites for hydroxylation is 1. The number of nitrogens with two attached hydrogens (primary N) is 1. The third-order valence-electron chi connectivity index (χ3n) is 6.24. The minimum Gasteiger partial charge on any atom is -0.369 e. The molecule has 2 aromatic heterocycles. The number of allylic oxidation sites excluding steroid dienone is 2. The van der Waals surface area contributed by atoms with E-state index in [1.807, 2.05) is 10.9 Å². The molecule has 190 valence electrons. The van der Waals surface area contributed by atoms with Gasteiger partial charge < -0.3 is 16.0 Å². The Morgan fingerprint density at radius 3 is 2.63 bits per heavy atom. The van der Waals surface area contributed by atoms with Gasteiger partial charge in [-0.2, -0.15) is 18.3 Å². The highest BCUT2D eigenvalue weighted by atomic mass is 19.4. The summed E-state index contributed by atoms with van der Waals surface area (Å²) in [6.07, 6.45) is 3.48. The molecular weight excluding hydrogens is 459 g/mol. The molecule has 1 aliphatic heterocycles. The van der Waals surface area contributed by atoms with E-state index in [4.69, 9.17) is 5.73 Å². The van der Waals surface area contributed by atoms with Crippen LogP contribution in [0.2, 0.25) is 0 Å². The van der Waals surface area contributed by atoms with Crippen molar-refractivity contribution in [2.24, 2.45) is 5.73 Å². The van der Waals surface area contributed by atoms with Crippen LogP contribution in [0.3, 0.4) is 0 Å². The zero-order valence-electron chi connectivity index (χ0n) is 20.1. The second-order valence-electron chi connectivity index (χ2n) is 8.61. The normalized spacial score (nSPS) is 15.9. The molecule has 0 bridgehead atoms. The summed E-state index contributed by atoms with van der Waals surface area (Å²) in [7, 11) is 0. The van der Waals surface area contributed by atoms with E-state index >= 15 is 0 Å².